The number of alkyl halides is 3. The summed E-state index contributed by atoms with van der Waals surface area (Å²) in [6.07, 6.45) is -4.59. The fourth-order valence-electron chi connectivity index (χ4n) is 2.94. The van der Waals surface area contributed by atoms with Gasteiger partial charge < -0.3 is 0 Å². The van der Waals surface area contributed by atoms with Crippen LogP contribution in [-0.4, -0.2) is 19.7 Å². The average molecular weight is 509 g/mol. The Morgan fingerprint density at radius 1 is 1.21 bits per heavy atom. The van der Waals surface area contributed by atoms with Crippen molar-refractivity contribution in [1.82, 2.24) is 14.8 Å². The van der Waals surface area contributed by atoms with E-state index in [1.807, 2.05) is 0 Å². The summed E-state index contributed by atoms with van der Waals surface area (Å²) in [7, 11) is 0. The van der Waals surface area contributed by atoms with Gasteiger partial charge in [0.2, 0.25) is 5.13 Å². The molecule has 4 aromatic rings. The van der Waals surface area contributed by atoms with Gasteiger partial charge in [0.05, 0.1) is 26.9 Å². The van der Waals surface area contributed by atoms with Crippen LogP contribution in [0, 0.1) is 17.0 Å². The molecule has 0 aliphatic rings. The lowest BCUT2D eigenvalue weighted by atomic mass is 10.1. The minimum Gasteiger partial charge on any atom is -0.291 e. The second-order valence-corrected chi connectivity index (χ2v) is 8.16. The summed E-state index contributed by atoms with van der Waals surface area (Å²) in [6.45, 7) is 1.54. The van der Waals surface area contributed by atoms with Crippen molar-refractivity contribution >= 4 is 40.0 Å². The number of hydrogen-bond donors (Lipinski definition) is 1. The zero-order valence-corrected chi connectivity index (χ0v) is 18.6. The van der Waals surface area contributed by atoms with E-state index in [9.17, 15) is 28.1 Å². The van der Waals surface area contributed by atoms with Crippen molar-refractivity contribution in [2.75, 3.05) is 0 Å². The number of nitrogens with zero attached hydrogens (tertiary/aromatic N) is 5. The molecule has 0 aliphatic carbocycles. The second-order valence-electron chi connectivity index (χ2n) is 6.91. The van der Waals surface area contributed by atoms with Crippen LogP contribution in [-0.2, 0) is 6.18 Å². The Hall–Kier alpha value is -3.84. The first-order valence-corrected chi connectivity index (χ1v) is 10.6. The van der Waals surface area contributed by atoms with Gasteiger partial charge in [0, 0.05) is 23.1 Å². The molecule has 0 bridgehead atoms. The fraction of sp³-hybridized carbons (Fsp3) is 0.100. The molecule has 0 aliphatic heterocycles. The molecule has 0 radical (unpaired) electrons. The van der Waals surface area contributed by atoms with E-state index < -0.39 is 22.2 Å². The van der Waals surface area contributed by atoms with Gasteiger partial charge in [-0.1, -0.05) is 23.7 Å². The van der Waals surface area contributed by atoms with Crippen molar-refractivity contribution in [2.45, 2.75) is 13.1 Å². The standard InChI is InChI=1S/C20H12ClF3N6O3S/c1-10-17(27-26-15-8-12(20(22,23)24)5-6-14(15)21)18(31)29(28-10)19-25-16(9-34-19)11-3-2-4-13(7-11)30(32)33/h2-9,28H,1H3. The third-order valence-corrected chi connectivity index (χ3v) is 5.75. The van der Waals surface area contributed by atoms with Crippen LogP contribution in [0.5, 0.6) is 0 Å². The summed E-state index contributed by atoms with van der Waals surface area (Å²) < 4.78 is 40.0. The van der Waals surface area contributed by atoms with Crippen molar-refractivity contribution in [1.29, 1.82) is 0 Å². The minimum absolute atomic E-state index is 0.0632. The number of rotatable bonds is 5. The maximum Gasteiger partial charge on any atom is 0.416 e. The van der Waals surface area contributed by atoms with Crippen LogP contribution < -0.4 is 5.56 Å². The number of thiazole rings is 1. The van der Waals surface area contributed by atoms with Crippen molar-refractivity contribution in [3.05, 3.63) is 84.6 Å². The topological polar surface area (TPSA) is 119 Å². The number of aryl methyl sites for hydroxylation is 1. The lowest BCUT2D eigenvalue weighted by Crippen LogP contribution is -2.13. The van der Waals surface area contributed by atoms with E-state index in [0.29, 0.717) is 17.0 Å². The first-order chi connectivity index (χ1) is 16.0. The van der Waals surface area contributed by atoms with E-state index in [-0.39, 0.29) is 27.2 Å². The molecule has 14 heteroatoms. The number of H-pyrrole nitrogens is 1. The zero-order valence-electron chi connectivity index (χ0n) is 17.0. The molecule has 4 rings (SSSR count). The molecule has 1 N–H and O–H groups in total. The van der Waals surface area contributed by atoms with E-state index in [1.165, 1.54) is 25.1 Å². The van der Waals surface area contributed by atoms with E-state index in [1.54, 1.807) is 11.4 Å². The van der Waals surface area contributed by atoms with Crippen molar-refractivity contribution in [2.24, 2.45) is 10.2 Å². The van der Waals surface area contributed by atoms with Crippen molar-refractivity contribution in [3.63, 3.8) is 0 Å². The number of hydrogen-bond acceptors (Lipinski definition) is 7. The minimum atomic E-state index is -4.59. The lowest BCUT2D eigenvalue weighted by molar-refractivity contribution is -0.384. The molecule has 0 amide bonds. The number of nitrogens with one attached hydrogen (secondary N) is 1. The summed E-state index contributed by atoms with van der Waals surface area (Å²) in [6, 6.07) is 8.48. The predicted molar refractivity (Wildman–Crippen MR) is 120 cm³/mol. The Balaban J connectivity index is 1.67. The lowest BCUT2D eigenvalue weighted by Gasteiger charge is -2.07. The summed E-state index contributed by atoms with van der Waals surface area (Å²) in [4.78, 5) is 27.7. The number of nitro benzene ring substituents is 1. The van der Waals surface area contributed by atoms with Crippen molar-refractivity contribution in [3.8, 4) is 16.4 Å². The highest BCUT2D eigenvalue weighted by Crippen LogP contribution is 2.35. The van der Waals surface area contributed by atoms with E-state index in [4.69, 9.17) is 11.6 Å². The van der Waals surface area contributed by atoms with E-state index >= 15 is 0 Å². The summed E-state index contributed by atoms with van der Waals surface area (Å²) in [5.74, 6) is 0. The maximum atomic E-state index is 13.0. The molecule has 0 saturated heterocycles. The molecule has 2 aromatic heterocycles. The molecule has 0 unspecified atom stereocenters. The molecule has 0 spiro atoms. The van der Waals surface area contributed by atoms with Crippen LogP contribution in [0.15, 0.2) is 62.9 Å². The fourth-order valence-corrected chi connectivity index (χ4v) is 3.88. The molecule has 174 valence electrons. The molecular formula is C20H12ClF3N6O3S. The van der Waals surface area contributed by atoms with Gasteiger partial charge >= 0.3 is 11.7 Å². The summed E-state index contributed by atoms with van der Waals surface area (Å²) in [5, 5.41) is 23.1. The summed E-state index contributed by atoms with van der Waals surface area (Å²) >= 11 is 7.02. The molecule has 9 nitrogen and oxygen atoms in total. The second kappa shape index (κ2) is 8.83. The number of aromatic amines is 1. The van der Waals surface area contributed by atoms with Gasteiger partial charge in [-0.2, -0.15) is 17.9 Å². The van der Waals surface area contributed by atoms with Gasteiger partial charge in [0.1, 0.15) is 5.69 Å². The maximum absolute atomic E-state index is 13.0. The quantitative estimate of drug-likeness (QED) is 0.186. The molecular weight excluding hydrogens is 497 g/mol. The first kappa shape index (κ1) is 23.3. The number of nitro groups is 1. The normalized spacial score (nSPS) is 11.9. The van der Waals surface area contributed by atoms with Gasteiger partial charge in [0.25, 0.3) is 5.69 Å². The zero-order chi connectivity index (χ0) is 24.6. The molecule has 0 atom stereocenters. The van der Waals surface area contributed by atoms with Gasteiger partial charge in [0.15, 0.2) is 5.69 Å². The van der Waals surface area contributed by atoms with Crippen LogP contribution in [0.25, 0.3) is 16.4 Å². The smallest absolute Gasteiger partial charge is 0.291 e. The van der Waals surface area contributed by atoms with Gasteiger partial charge in [-0.05, 0) is 25.1 Å². The average Bonchev–Trinajstić information content (AvgIpc) is 3.37. The Kier molecular flexibility index (Phi) is 6.06. The van der Waals surface area contributed by atoms with Crippen LogP contribution >= 0.6 is 22.9 Å². The molecule has 2 heterocycles. The van der Waals surface area contributed by atoms with E-state index in [0.717, 1.165) is 34.2 Å². The first-order valence-electron chi connectivity index (χ1n) is 9.35. The molecule has 0 saturated carbocycles. The van der Waals surface area contributed by atoms with Gasteiger partial charge in [-0.15, -0.1) is 21.6 Å². The number of aromatic nitrogens is 3. The summed E-state index contributed by atoms with van der Waals surface area (Å²) in [5.41, 5.74) is -0.866. The molecule has 0 fully saturated rings. The number of azo groups is 1. The highest BCUT2D eigenvalue weighted by molar-refractivity contribution is 7.12. The largest absolute Gasteiger partial charge is 0.416 e. The highest BCUT2D eigenvalue weighted by Gasteiger charge is 2.31. The van der Waals surface area contributed by atoms with Gasteiger partial charge in [-0.25, -0.2) is 4.98 Å². The third kappa shape index (κ3) is 4.61. The number of non-ortho nitro benzene ring substituents is 1. The van der Waals surface area contributed by atoms with Crippen LogP contribution in [0.4, 0.5) is 30.2 Å². The number of benzene rings is 2. The number of halogens is 4. The molecule has 2 aromatic carbocycles. The highest BCUT2D eigenvalue weighted by atomic mass is 35.5. The van der Waals surface area contributed by atoms with Crippen LogP contribution in [0.3, 0.4) is 0 Å². The van der Waals surface area contributed by atoms with Crippen LogP contribution in [0.1, 0.15) is 11.3 Å². The Morgan fingerprint density at radius 2 is 1.97 bits per heavy atom. The Bertz CT molecular complexity index is 1490. The monoisotopic (exact) mass is 508 g/mol. The van der Waals surface area contributed by atoms with Crippen LogP contribution in [0.2, 0.25) is 5.02 Å². The molecule has 34 heavy (non-hydrogen) atoms. The van der Waals surface area contributed by atoms with Gasteiger partial charge in [-0.3, -0.25) is 20.0 Å². The van der Waals surface area contributed by atoms with Crippen molar-refractivity contribution < 1.29 is 18.1 Å². The predicted octanol–water partition coefficient (Wildman–Crippen LogP) is 6.59. The Morgan fingerprint density at radius 3 is 2.68 bits per heavy atom. The Labute approximate surface area is 197 Å². The third-order valence-electron chi connectivity index (χ3n) is 4.61. The van der Waals surface area contributed by atoms with E-state index in [2.05, 4.69) is 20.3 Å². The SMILES string of the molecule is Cc1[nH]n(-c2nc(-c3cccc([N+](=O)[O-])c3)cs2)c(=O)c1N=Nc1cc(C(F)(F)F)ccc1Cl.